The SMILES string of the molecule is c1ccc(-c2cn[nH]c2)cc1.c1ccccc1. The maximum absolute atomic E-state index is 3.87. The lowest BCUT2D eigenvalue weighted by Crippen LogP contribution is -1.69. The van der Waals surface area contributed by atoms with Crippen molar-refractivity contribution in [3.63, 3.8) is 0 Å². The van der Waals surface area contributed by atoms with Gasteiger partial charge in [0.25, 0.3) is 0 Å². The molecule has 84 valence electrons. The molecule has 0 aliphatic heterocycles. The van der Waals surface area contributed by atoms with Gasteiger partial charge < -0.3 is 0 Å². The Morgan fingerprint density at radius 2 is 1.18 bits per heavy atom. The van der Waals surface area contributed by atoms with Gasteiger partial charge in [0.15, 0.2) is 0 Å². The van der Waals surface area contributed by atoms with Crippen molar-refractivity contribution in [2.45, 2.75) is 0 Å². The highest BCUT2D eigenvalue weighted by molar-refractivity contribution is 5.60. The zero-order valence-electron chi connectivity index (χ0n) is 9.45. The first-order chi connectivity index (χ1) is 8.47. The predicted octanol–water partition coefficient (Wildman–Crippen LogP) is 3.76. The van der Waals surface area contributed by atoms with Gasteiger partial charge in [0.2, 0.25) is 0 Å². The van der Waals surface area contributed by atoms with Crippen LogP contribution < -0.4 is 0 Å². The first-order valence-corrected chi connectivity index (χ1v) is 5.51. The minimum Gasteiger partial charge on any atom is -0.285 e. The van der Waals surface area contributed by atoms with Crippen molar-refractivity contribution >= 4 is 0 Å². The number of benzene rings is 2. The second-order valence-corrected chi connectivity index (χ2v) is 3.51. The highest BCUT2D eigenvalue weighted by atomic mass is 15.1. The molecule has 0 aliphatic carbocycles. The molecule has 1 heterocycles. The molecule has 2 aromatic carbocycles. The molecule has 0 radical (unpaired) electrons. The summed E-state index contributed by atoms with van der Waals surface area (Å²) in [6.45, 7) is 0. The van der Waals surface area contributed by atoms with Crippen LogP contribution in [0.4, 0.5) is 0 Å². The van der Waals surface area contributed by atoms with Gasteiger partial charge in [-0.1, -0.05) is 66.7 Å². The fourth-order valence-corrected chi connectivity index (χ4v) is 1.42. The normalized spacial score (nSPS) is 9.18. The van der Waals surface area contributed by atoms with E-state index in [1.165, 1.54) is 5.56 Å². The molecule has 0 fully saturated rings. The van der Waals surface area contributed by atoms with E-state index in [2.05, 4.69) is 22.3 Å². The third-order valence-electron chi connectivity index (χ3n) is 2.27. The van der Waals surface area contributed by atoms with Gasteiger partial charge in [-0.15, -0.1) is 0 Å². The number of hydrogen-bond acceptors (Lipinski definition) is 1. The van der Waals surface area contributed by atoms with Crippen molar-refractivity contribution in [3.8, 4) is 11.1 Å². The maximum atomic E-state index is 3.87. The molecule has 0 aliphatic rings. The number of nitrogens with one attached hydrogen (secondary N) is 1. The monoisotopic (exact) mass is 222 g/mol. The topological polar surface area (TPSA) is 28.7 Å². The molecule has 1 N–H and O–H groups in total. The first-order valence-electron chi connectivity index (χ1n) is 5.51. The van der Waals surface area contributed by atoms with Crippen molar-refractivity contribution in [2.24, 2.45) is 0 Å². The number of aromatic amines is 1. The fourth-order valence-electron chi connectivity index (χ4n) is 1.42. The molecular formula is C15H14N2. The van der Waals surface area contributed by atoms with Gasteiger partial charge in [0, 0.05) is 11.8 Å². The lowest BCUT2D eigenvalue weighted by Gasteiger charge is -1.92. The Morgan fingerprint density at radius 3 is 1.65 bits per heavy atom. The van der Waals surface area contributed by atoms with E-state index in [-0.39, 0.29) is 0 Å². The highest BCUT2D eigenvalue weighted by Crippen LogP contribution is 2.15. The minimum absolute atomic E-state index is 1.13. The smallest absolute Gasteiger partial charge is 0.0565 e. The Kier molecular flexibility index (Phi) is 4.12. The standard InChI is InChI=1S/C9H8N2.C6H6/c1-2-4-8(5-3-1)9-6-10-11-7-9;1-2-4-6-5-3-1/h1-7H,(H,10,11);1-6H. The maximum Gasteiger partial charge on any atom is 0.0565 e. The summed E-state index contributed by atoms with van der Waals surface area (Å²) in [4.78, 5) is 0. The van der Waals surface area contributed by atoms with Crippen molar-refractivity contribution in [1.29, 1.82) is 0 Å². The Hall–Kier alpha value is -2.35. The van der Waals surface area contributed by atoms with Crippen LogP contribution in [0.25, 0.3) is 11.1 Å². The number of rotatable bonds is 1. The number of hydrogen-bond donors (Lipinski definition) is 1. The van der Waals surface area contributed by atoms with Crippen molar-refractivity contribution < 1.29 is 0 Å². The van der Waals surface area contributed by atoms with Crippen LogP contribution in [-0.4, -0.2) is 10.2 Å². The molecular weight excluding hydrogens is 208 g/mol. The summed E-state index contributed by atoms with van der Waals surface area (Å²) in [6.07, 6.45) is 3.70. The highest BCUT2D eigenvalue weighted by Gasteiger charge is 1.94. The predicted molar refractivity (Wildman–Crippen MR) is 70.5 cm³/mol. The van der Waals surface area contributed by atoms with E-state index in [0.717, 1.165) is 5.56 Å². The quantitative estimate of drug-likeness (QED) is 0.667. The molecule has 0 unspecified atom stereocenters. The second kappa shape index (κ2) is 6.28. The van der Waals surface area contributed by atoms with Crippen LogP contribution in [0.5, 0.6) is 0 Å². The van der Waals surface area contributed by atoms with Crippen molar-refractivity contribution in [1.82, 2.24) is 10.2 Å². The van der Waals surface area contributed by atoms with Crippen LogP contribution >= 0.6 is 0 Å². The summed E-state index contributed by atoms with van der Waals surface area (Å²) >= 11 is 0. The van der Waals surface area contributed by atoms with Crippen LogP contribution in [0, 0.1) is 0 Å². The largest absolute Gasteiger partial charge is 0.285 e. The van der Waals surface area contributed by atoms with Crippen LogP contribution in [0.2, 0.25) is 0 Å². The lowest BCUT2D eigenvalue weighted by atomic mass is 10.1. The average Bonchev–Trinajstić information content (AvgIpc) is 2.96. The molecule has 2 nitrogen and oxygen atoms in total. The molecule has 17 heavy (non-hydrogen) atoms. The molecule has 0 atom stereocenters. The molecule has 1 aromatic heterocycles. The van der Waals surface area contributed by atoms with Gasteiger partial charge in [0.1, 0.15) is 0 Å². The van der Waals surface area contributed by atoms with Crippen molar-refractivity contribution in [2.75, 3.05) is 0 Å². The van der Waals surface area contributed by atoms with E-state index >= 15 is 0 Å². The molecule has 0 amide bonds. The van der Waals surface area contributed by atoms with Gasteiger partial charge in [0.05, 0.1) is 6.20 Å². The molecule has 2 heteroatoms. The molecule has 0 spiro atoms. The van der Waals surface area contributed by atoms with Gasteiger partial charge in [-0.05, 0) is 5.56 Å². The van der Waals surface area contributed by atoms with Crippen LogP contribution in [-0.2, 0) is 0 Å². The summed E-state index contributed by atoms with van der Waals surface area (Å²) in [5, 5.41) is 6.65. The average molecular weight is 222 g/mol. The van der Waals surface area contributed by atoms with Crippen molar-refractivity contribution in [3.05, 3.63) is 79.1 Å². The number of aromatic nitrogens is 2. The Bertz CT molecular complexity index is 474. The second-order valence-electron chi connectivity index (χ2n) is 3.51. The zero-order valence-corrected chi connectivity index (χ0v) is 9.45. The van der Waals surface area contributed by atoms with E-state index in [1.807, 2.05) is 67.0 Å². The Morgan fingerprint density at radius 1 is 0.647 bits per heavy atom. The number of nitrogens with zero attached hydrogens (tertiary/aromatic N) is 1. The molecule has 0 bridgehead atoms. The lowest BCUT2D eigenvalue weighted by molar-refractivity contribution is 1.09. The summed E-state index contributed by atoms with van der Waals surface area (Å²) in [5.41, 5.74) is 2.33. The third-order valence-corrected chi connectivity index (χ3v) is 2.27. The van der Waals surface area contributed by atoms with E-state index in [0.29, 0.717) is 0 Å². The van der Waals surface area contributed by atoms with E-state index in [1.54, 1.807) is 0 Å². The number of H-pyrrole nitrogens is 1. The van der Waals surface area contributed by atoms with Crippen LogP contribution in [0.15, 0.2) is 79.1 Å². The van der Waals surface area contributed by atoms with Gasteiger partial charge in [-0.3, -0.25) is 5.10 Å². The molecule has 3 rings (SSSR count). The van der Waals surface area contributed by atoms with E-state index in [4.69, 9.17) is 0 Å². The Labute approximate surface area is 101 Å². The van der Waals surface area contributed by atoms with Crippen LogP contribution in [0.1, 0.15) is 0 Å². The fraction of sp³-hybridized carbons (Fsp3) is 0. The van der Waals surface area contributed by atoms with Crippen LogP contribution in [0.3, 0.4) is 0 Å². The third kappa shape index (κ3) is 3.61. The van der Waals surface area contributed by atoms with E-state index in [9.17, 15) is 0 Å². The molecule has 0 saturated carbocycles. The summed E-state index contributed by atoms with van der Waals surface area (Å²) in [5.74, 6) is 0. The minimum atomic E-state index is 1.13. The molecule has 0 saturated heterocycles. The summed E-state index contributed by atoms with van der Waals surface area (Å²) < 4.78 is 0. The van der Waals surface area contributed by atoms with Gasteiger partial charge in [-0.2, -0.15) is 5.10 Å². The van der Waals surface area contributed by atoms with E-state index < -0.39 is 0 Å². The summed E-state index contributed by atoms with van der Waals surface area (Å²) in [7, 11) is 0. The summed E-state index contributed by atoms with van der Waals surface area (Å²) in [6, 6.07) is 22.2. The first kappa shape index (κ1) is 11.1. The zero-order chi connectivity index (χ0) is 11.8. The van der Waals surface area contributed by atoms with Gasteiger partial charge in [-0.25, -0.2) is 0 Å². The van der Waals surface area contributed by atoms with Gasteiger partial charge >= 0.3 is 0 Å². The molecule has 3 aromatic rings. The Balaban J connectivity index is 0.000000153.